The number of sulfone groups is 1. The van der Waals surface area contributed by atoms with E-state index >= 15 is 0 Å². The lowest BCUT2D eigenvalue weighted by atomic mass is 10.1. The van der Waals surface area contributed by atoms with Gasteiger partial charge >= 0.3 is 0 Å². The molecule has 0 spiro atoms. The number of hydrogen-bond donors (Lipinski definition) is 1. The molecule has 0 amide bonds. The summed E-state index contributed by atoms with van der Waals surface area (Å²) in [6.45, 7) is 1.55. The molecular formula is C10H12ClNO3S. The van der Waals surface area contributed by atoms with E-state index in [4.69, 9.17) is 16.8 Å². The SMILES string of the molecule is CCS(=O)(=O)CC(=NO)c1ccc(Cl)cc1. The van der Waals surface area contributed by atoms with Gasteiger partial charge in [-0.3, -0.25) is 0 Å². The van der Waals surface area contributed by atoms with E-state index in [0.717, 1.165) is 0 Å². The van der Waals surface area contributed by atoms with Gasteiger partial charge in [0.15, 0.2) is 9.84 Å². The zero-order valence-corrected chi connectivity index (χ0v) is 10.3. The smallest absolute Gasteiger partial charge is 0.155 e. The molecule has 0 heterocycles. The lowest BCUT2D eigenvalue weighted by Gasteiger charge is -2.04. The largest absolute Gasteiger partial charge is 0.411 e. The minimum atomic E-state index is -3.21. The Morgan fingerprint density at radius 2 is 1.94 bits per heavy atom. The first-order chi connectivity index (χ1) is 7.48. The topological polar surface area (TPSA) is 66.7 Å². The van der Waals surface area contributed by atoms with Gasteiger partial charge in [0.05, 0.1) is 5.75 Å². The first-order valence-corrected chi connectivity index (χ1v) is 6.85. The fraction of sp³-hybridized carbons (Fsp3) is 0.300. The van der Waals surface area contributed by atoms with Crippen molar-refractivity contribution >= 4 is 27.1 Å². The first-order valence-electron chi connectivity index (χ1n) is 4.66. The normalized spacial score (nSPS) is 12.8. The third-order valence-electron chi connectivity index (χ3n) is 2.09. The van der Waals surface area contributed by atoms with Crippen LogP contribution in [0.3, 0.4) is 0 Å². The van der Waals surface area contributed by atoms with Crippen LogP contribution < -0.4 is 0 Å². The van der Waals surface area contributed by atoms with Crippen molar-refractivity contribution in [3.05, 3.63) is 34.9 Å². The fourth-order valence-corrected chi connectivity index (χ4v) is 2.09. The van der Waals surface area contributed by atoms with Gasteiger partial charge in [0.25, 0.3) is 0 Å². The van der Waals surface area contributed by atoms with E-state index < -0.39 is 9.84 Å². The number of nitrogens with zero attached hydrogens (tertiary/aromatic N) is 1. The highest BCUT2D eigenvalue weighted by Crippen LogP contribution is 2.11. The second-order valence-electron chi connectivity index (χ2n) is 3.23. The Bertz CT molecular complexity index is 479. The van der Waals surface area contributed by atoms with Crippen LogP contribution in [0, 0.1) is 0 Å². The molecule has 4 nitrogen and oxygen atoms in total. The third kappa shape index (κ3) is 3.50. The zero-order chi connectivity index (χ0) is 12.2. The monoisotopic (exact) mass is 261 g/mol. The maximum absolute atomic E-state index is 11.4. The van der Waals surface area contributed by atoms with Crippen molar-refractivity contribution in [2.45, 2.75) is 6.92 Å². The molecule has 0 radical (unpaired) electrons. The van der Waals surface area contributed by atoms with Gasteiger partial charge in [0, 0.05) is 16.3 Å². The Labute approximate surface area is 99.5 Å². The van der Waals surface area contributed by atoms with Crippen LogP contribution in [-0.2, 0) is 9.84 Å². The zero-order valence-electron chi connectivity index (χ0n) is 8.72. The molecule has 0 atom stereocenters. The van der Waals surface area contributed by atoms with Crippen LogP contribution in [-0.4, -0.2) is 30.8 Å². The molecule has 0 bridgehead atoms. The highest BCUT2D eigenvalue weighted by Gasteiger charge is 2.14. The van der Waals surface area contributed by atoms with E-state index in [1.807, 2.05) is 0 Å². The predicted molar refractivity (Wildman–Crippen MR) is 64.1 cm³/mol. The molecule has 0 aliphatic rings. The molecule has 1 N–H and O–H groups in total. The van der Waals surface area contributed by atoms with E-state index in [1.54, 1.807) is 31.2 Å². The van der Waals surface area contributed by atoms with Crippen LogP contribution in [0.15, 0.2) is 29.4 Å². The lowest BCUT2D eigenvalue weighted by Crippen LogP contribution is -2.18. The van der Waals surface area contributed by atoms with Crippen LogP contribution in [0.25, 0.3) is 0 Å². The van der Waals surface area contributed by atoms with E-state index in [1.165, 1.54) is 0 Å². The van der Waals surface area contributed by atoms with Crippen LogP contribution in [0.2, 0.25) is 5.02 Å². The van der Waals surface area contributed by atoms with E-state index in [-0.39, 0.29) is 17.2 Å². The number of benzene rings is 1. The van der Waals surface area contributed by atoms with Crippen molar-refractivity contribution in [2.75, 3.05) is 11.5 Å². The van der Waals surface area contributed by atoms with Gasteiger partial charge in [-0.25, -0.2) is 8.42 Å². The lowest BCUT2D eigenvalue weighted by molar-refractivity contribution is 0.319. The Balaban J connectivity index is 2.97. The van der Waals surface area contributed by atoms with Crippen LogP contribution in [0.4, 0.5) is 0 Å². The Hall–Kier alpha value is -1.07. The maximum Gasteiger partial charge on any atom is 0.155 e. The van der Waals surface area contributed by atoms with Gasteiger partial charge < -0.3 is 5.21 Å². The second-order valence-corrected chi connectivity index (χ2v) is 6.02. The van der Waals surface area contributed by atoms with Gasteiger partial charge in [-0.05, 0) is 12.1 Å². The standard InChI is InChI=1S/C10H12ClNO3S/c1-2-16(14,15)7-10(12-13)8-3-5-9(11)6-4-8/h3-6,13H,2,7H2,1H3. The molecule has 0 aliphatic carbocycles. The van der Waals surface area contributed by atoms with Crippen molar-refractivity contribution < 1.29 is 13.6 Å². The molecule has 0 saturated carbocycles. The van der Waals surface area contributed by atoms with Crippen molar-refractivity contribution in [1.29, 1.82) is 0 Å². The second kappa shape index (κ2) is 5.32. The van der Waals surface area contributed by atoms with Gasteiger partial charge in [-0.15, -0.1) is 0 Å². The molecule has 0 aliphatic heterocycles. The predicted octanol–water partition coefficient (Wildman–Crippen LogP) is 1.95. The summed E-state index contributed by atoms with van der Waals surface area (Å²) in [4.78, 5) is 0. The number of rotatable bonds is 4. The Morgan fingerprint density at radius 3 is 2.38 bits per heavy atom. The van der Waals surface area contributed by atoms with Gasteiger partial charge in [0.2, 0.25) is 0 Å². The van der Waals surface area contributed by atoms with E-state index in [2.05, 4.69) is 5.16 Å². The molecule has 6 heteroatoms. The first kappa shape index (κ1) is 13.0. The molecule has 1 aromatic carbocycles. The van der Waals surface area contributed by atoms with Crippen molar-refractivity contribution in [1.82, 2.24) is 0 Å². The molecule has 0 fully saturated rings. The summed E-state index contributed by atoms with van der Waals surface area (Å²) in [5, 5.41) is 12.4. The molecule has 1 rings (SSSR count). The highest BCUT2D eigenvalue weighted by molar-refractivity contribution is 7.92. The summed E-state index contributed by atoms with van der Waals surface area (Å²) in [5.74, 6) is -0.263. The molecular weight excluding hydrogens is 250 g/mol. The third-order valence-corrected chi connectivity index (χ3v) is 3.94. The summed E-state index contributed by atoms with van der Waals surface area (Å²) in [6.07, 6.45) is 0. The van der Waals surface area contributed by atoms with Crippen molar-refractivity contribution in [2.24, 2.45) is 5.16 Å². The minimum Gasteiger partial charge on any atom is -0.411 e. The van der Waals surface area contributed by atoms with Gasteiger partial charge in [-0.2, -0.15) is 0 Å². The van der Waals surface area contributed by atoms with E-state index in [9.17, 15) is 8.42 Å². The quantitative estimate of drug-likeness (QED) is 0.512. The molecule has 0 aromatic heterocycles. The Kier molecular flexibility index (Phi) is 4.32. The summed E-state index contributed by atoms with van der Waals surface area (Å²) in [5.41, 5.74) is 0.669. The molecule has 88 valence electrons. The summed E-state index contributed by atoms with van der Waals surface area (Å²) in [7, 11) is -3.21. The van der Waals surface area contributed by atoms with Gasteiger partial charge in [-0.1, -0.05) is 35.8 Å². The fourth-order valence-electron chi connectivity index (χ4n) is 1.12. The van der Waals surface area contributed by atoms with Crippen LogP contribution in [0.1, 0.15) is 12.5 Å². The highest BCUT2D eigenvalue weighted by atomic mass is 35.5. The number of oxime groups is 1. The van der Waals surface area contributed by atoms with Gasteiger partial charge in [0.1, 0.15) is 5.71 Å². The summed E-state index contributed by atoms with van der Waals surface area (Å²) < 4.78 is 22.8. The Morgan fingerprint density at radius 1 is 1.38 bits per heavy atom. The average molecular weight is 262 g/mol. The molecule has 16 heavy (non-hydrogen) atoms. The van der Waals surface area contributed by atoms with Crippen LogP contribution in [0.5, 0.6) is 0 Å². The number of halogens is 1. The minimum absolute atomic E-state index is 0.0135. The molecule has 0 saturated heterocycles. The van der Waals surface area contributed by atoms with Crippen molar-refractivity contribution in [3.63, 3.8) is 0 Å². The summed E-state index contributed by atoms with van der Waals surface area (Å²) >= 11 is 5.70. The van der Waals surface area contributed by atoms with Crippen LogP contribution >= 0.6 is 11.6 Å². The number of hydrogen-bond acceptors (Lipinski definition) is 4. The van der Waals surface area contributed by atoms with E-state index in [0.29, 0.717) is 10.6 Å². The molecule has 0 unspecified atom stereocenters. The van der Waals surface area contributed by atoms with Crippen molar-refractivity contribution in [3.8, 4) is 0 Å². The maximum atomic E-state index is 11.4. The summed E-state index contributed by atoms with van der Waals surface area (Å²) in [6, 6.07) is 6.45. The average Bonchev–Trinajstić information content (AvgIpc) is 2.27. The molecule has 1 aromatic rings.